The van der Waals surface area contributed by atoms with Crippen molar-refractivity contribution in [1.82, 2.24) is 15.5 Å². The summed E-state index contributed by atoms with van der Waals surface area (Å²) in [6, 6.07) is 5.43. The quantitative estimate of drug-likeness (QED) is 0.920. The molecule has 1 heterocycles. The van der Waals surface area contributed by atoms with Gasteiger partial charge in [0.1, 0.15) is 15.8 Å². The Labute approximate surface area is 119 Å². The van der Waals surface area contributed by atoms with Gasteiger partial charge in [-0.15, -0.1) is 10.2 Å². The molecule has 0 saturated heterocycles. The second kappa shape index (κ2) is 5.53. The van der Waals surface area contributed by atoms with Gasteiger partial charge in [0.05, 0.1) is 5.02 Å². The van der Waals surface area contributed by atoms with Gasteiger partial charge in [0.25, 0.3) is 0 Å². The Balaban J connectivity index is 1.70. The maximum atomic E-state index is 13.4. The lowest BCUT2D eigenvalue weighted by Gasteiger charge is -2.00. The standard InChI is InChI=1S/C13H13ClFN3S/c14-12-9(2-1-3-10(12)15)13-18-17-11(19-13)6-7-16-8-4-5-8/h1-3,8,16H,4-7H2. The van der Waals surface area contributed by atoms with Crippen LogP contribution in [0.4, 0.5) is 4.39 Å². The van der Waals surface area contributed by atoms with Gasteiger partial charge in [0.15, 0.2) is 0 Å². The lowest BCUT2D eigenvalue weighted by molar-refractivity contribution is 0.628. The van der Waals surface area contributed by atoms with Crippen molar-refractivity contribution in [2.24, 2.45) is 0 Å². The molecule has 1 fully saturated rings. The molecule has 0 aliphatic heterocycles. The van der Waals surface area contributed by atoms with Gasteiger partial charge in [-0.1, -0.05) is 35.1 Å². The van der Waals surface area contributed by atoms with Crippen LogP contribution in [0.5, 0.6) is 0 Å². The van der Waals surface area contributed by atoms with E-state index in [0.717, 1.165) is 18.0 Å². The minimum absolute atomic E-state index is 0.112. The normalized spacial score (nSPS) is 14.8. The van der Waals surface area contributed by atoms with Gasteiger partial charge in [-0.25, -0.2) is 4.39 Å². The van der Waals surface area contributed by atoms with Gasteiger partial charge in [0.2, 0.25) is 0 Å². The van der Waals surface area contributed by atoms with Crippen LogP contribution in [0.1, 0.15) is 17.8 Å². The Morgan fingerprint density at radius 1 is 1.37 bits per heavy atom. The zero-order valence-electron chi connectivity index (χ0n) is 10.2. The summed E-state index contributed by atoms with van der Waals surface area (Å²) in [6.07, 6.45) is 3.40. The fourth-order valence-corrected chi connectivity index (χ4v) is 2.95. The van der Waals surface area contributed by atoms with Crippen molar-refractivity contribution in [2.75, 3.05) is 6.54 Å². The minimum atomic E-state index is -0.425. The van der Waals surface area contributed by atoms with Crippen molar-refractivity contribution in [1.29, 1.82) is 0 Å². The summed E-state index contributed by atoms with van der Waals surface area (Å²) < 4.78 is 13.4. The van der Waals surface area contributed by atoms with Crippen molar-refractivity contribution >= 4 is 22.9 Å². The number of benzene rings is 1. The summed E-state index contributed by atoms with van der Waals surface area (Å²) in [5.41, 5.74) is 0.612. The molecular formula is C13H13ClFN3S. The highest BCUT2D eigenvalue weighted by Crippen LogP contribution is 2.31. The van der Waals surface area contributed by atoms with Gasteiger partial charge < -0.3 is 5.32 Å². The smallest absolute Gasteiger partial charge is 0.149 e. The van der Waals surface area contributed by atoms with Crippen molar-refractivity contribution in [3.8, 4) is 10.6 Å². The average Bonchev–Trinajstić information content (AvgIpc) is 3.10. The largest absolute Gasteiger partial charge is 0.314 e. The first-order valence-electron chi connectivity index (χ1n) is 6.24. The summed E-state index contributed by atoms with van der Waals surface area (Å²) >= 11 is 7.41. The van der Waals surface area contributed by atoms with E-state index in [9.17, 15) is 4.39 Å². The fraction of sp³-hybridized carbons (Fsp3) is 0.385. The molecule has 19 heavy (non-hydrogen) atoms. The molecule has 3 rings (SSSR count). The lowest BCUT2D eigenvalue weighted by atomic mass is 10.2. The molecule has 1 aliphatic rings. The van der Waals surface area contributed by atoms with E-state index >= 15 is 0 Å². The van der Waals surface area contributed by atoms with Crippen LogP contribution in [0, 0.1) is 5.82 Å². The zero-order valence-corrected chi connectivity index (χ0v) is 11.8. The molecular weight excluding hydrogens is 285 g/mol. The second-order valence-electron chi connectivity index (χ2n) is 4.58. The number of rotatable bonds is 5. The molecule has 1 aromatic heterocycles. The van der Waals surface area contributed by atoms with Crippen molar-refractivity contribution in [3.63, 3.8) is 0 Å². The number of nitrogens with one attached hydrogen (secondary N) is 1. The summed E-state index contributed by atoms with van der Waals surface area (Å²) in [5, 5.41) is 13.4. The summed E-state index contributed by atoms with van der Waals surface area (Å²) in [7, 11) is 0. The van der Waals surface area contributed by atoms with Crippen molar-refractivity contribution < 1.29 is 4.39 Å². The first-order valence-corrected chi connectivity index (χ1v) is 7.43. The second-order valence-corrected chi connectivity index (χ2v) is 6.02. The molecule has 1 saturated carbocycles. The lowest BCUT2D eigenvalue weighted by Crippen LogP contribution is -2.19. The Bertz CT molecular complexity index is 583. The molecule has 0 radical (unpaired) electrons. The third kappa shape index (κ3) is 3.11. The molecule has 0 unspecified atom stereocenters. The summed E-state index contributed by atoms with van der Waals surface area (Å²) in [5.74, 6) is -0.425. The monoisotopic (exact) mass is 297 g/mol. The number of halogens is 2. The van der Waals surface area contributed by atoms with E-state index in [1.807, 2.05) is 0 Å². The summed E-state index contributed by atoms with van der Waals surface area (Å²) in [4.78, 5) is 0. The minimum Gasteiger partial charge on any atom is -0.314 e. The van der Waals surface area contributed by atoms with E-state index in [-0.39, 0.29) is 5.02 Å². The van der Waals surface area contributed by atoms with E-state index in [1.165, 1.54) is 30.2 Å². The van der Waals surface area contributed by atoms with Crippen LogP contribution in [0.3, 0.4) is 0 Å². The molecule has 1 N–H and O–H groups in total. The molecule has 1 aliphatic carbocycles. The maximum Gasteiger partial charge on any atom is 0.149 e. The van der Waals surface area contributed by atoms with Crippen LogP contribution in [0.15, 0.2) is 18.2 Å². The van der Waals surface area contributed by atoms with E-state index in [0.29, 0.717) is 16.6 Å². The van der Waals surface area contributed by atoms with Crippen molar-refractivity contribution in [3.05, 3.63) is 34.0 Å². The average molecular weight is 298 g/mol. The van der Waals surface area contributed by atoms with Crippen LogP contribution < -0.4 is 5.32 Å². The first kappa shape index (κ1) is 13.0. The molecule has 1 aromatic carbocycles. The van der Waals surface area contributed by atoms with Gasteiger partial charge in [-0.3, -0.25) is 0 Å². The third-order valence-electron chi connectivity index (χ3n) is 3.00. The third-order valence-corrected chi connectivity index (χ3v) is 4.40. The van der Waals surface area contributed by atoms with E-state index in [4.69, 9.17) is 11.6 Å². The number of hydrogen-bond donors (Lipinski definition) is 1. The highest BCUT2D eigenvalue weighted by Gasteiger charge is 2.20. The molecule has 2 aromatic rings. The Morgan fingerprint density at radius 2 is 2.21 bits per heavy atom. The van der Waals surface area contributed by atoms with E-state index in [2.05, 4.69) is 15.5 Å². The Morgan fingerprint density at radius 3 is 3.00 bits per heavy atom. The molecule has 3 nitrogen and oxygen atoms in total. The van der Waals surface area contributed by atoms with Gasteiger partial charge >= 0.3 is 0 Å². The van der Waals surface area contributed by atoms with Gasteiger partial charge in [-0.05, 0) is 18.9 Å². The first-order chi connectivity index (χ1) is 9.24. The number of aromatic nitrogens is 2. The maximum absolute atomic E-state index is 13.4. The van der Waals surface area contributed by atoms with Crippen LogP contribution in [0.2, 0.25) is 5.02 Å². The molecule has 0 atom stereocenters. The van der Waals surface area contributed by atoms with Gasteiger partial charge in [-0.2, -0.15) is 0 Å². The van der Waals surface area contributed by atoms with Gasteiger partial charge in [0, 0.05) is 24.6 Å². The molecule has 0 bridgehead atoms. The van der Waals surface area contributed by atoms with E-state index < -0.39 is 5.82 Å². The fourth-order valence-electron chi connectivity index (χ4n) is 1.80. The van der Waals surface area contributed by atoms with Crippen LogP contribution in [-0.4, -0.2) is 22.8 Å². The molecule has 6 heteroatoms. The zero-order chi connectivity index (χ0) is 13.2. The van der Waals surface area contributed by atoms with Crippen LogP contribution >= 0.6 is 22.9 Å². The predicted octanol–water partition coefficient (Wildman–Crippen LogP) is 3.29. The number of hydrogen-bond acceptors (Lipinski definition) is 4. The highest BCUT2D eigenvalue weighted by molar-refractivity contribution is 7.14. The highest BCUT2D eigenvalue weighted by atomic mass is 35.5. The Hall–Kier alpha value is -1.04. The molecule has 100 valence electrons. The van der Waals surface area contributed by atoms with E-state index in [1.54, 1.807) is 12.1 Å². The molecule has 0 amide bonds. The summed E-state index contributed by atoms with van der Waals surface area (Å²) in [6.45, 7) is 0.913. The van der Waals surface area contributed by atoms with Crippen LogP contribution in [-0.2, 0) is 6.42 Å². The molecule has 0 spiro atoms. The number of nitrogens with zero attached hydrogens (tertiary/aromatic N) is 2. The Kier molecular flexibility index (Phi) is 3.77. The predicted molar refractivity (Wildman–Crippen MR) is 75.0 cm³/mol. The van der Waals surface area contributed by atoms with Crippen molar-refractivity contribution in [2.45, 2.75) is 25.3 Å². The SMILES string of the molecule is Fc1cccc(-c2nnc(CCNC3CC3)s2)c1Cl. The van der Waals surface area contributed by atoms with Crippen LogP contribution in [0.25, 0.3) is 10.6 Å². The topological polar surface area (TPSA) is 37.8 Å².